The number of benzene rings is 1. The Labute approximate surface area is 194 Å². The molecule has 2 atom stereocenters. The lowest BCUT2D eigenvalue weighted by atomic mass is 10.1. The number of anilines is 1. The molecule has 0 saturated carbocycles. The summed E-state index contributed by atoms with van der Waals surface area (Å²) in [4.78, 5) is 33.3. The highest BCUT2D eigenvalue weighted by molar-refractivity contribution is 5.90. The number of methoxy groups -OCH3 is 1. The Bertz CT molecular complexity index is 1250. The van der Waals surface area contributed by atoms with Crippen LogP contribution in [-0.2, 0) is 14.3 Å². The average Bonchev–Trinajstić information content (AvgIpc) is 3.37. The van der Waals surface area contributed by atoms with Crippen molar-refractivity contribution in [2.24, 2.45) is 0 Å². The van der Waals surface area contributed by atoms with Crippen molar-refractivity contribution >= 4 is 23.3 Å². The van der Waals surface area contributed by atoms with Crippen LogP contribution in [0, 0.1) is 5.82 Å². The molecule has 34 heavy (non-hydrogen) atoms. The first-order chi connectivity index (χ1) is 16.5. The number of carbonyl (C=O) groups excluding carboxylic acids is 2. The summed E-state index contributed by atoms with van der Waals surface area (Å²) in [5.41, 5.74) is 1.87. The first-order valence-electron chi connectivity index (χ1n) is 11.0. The maximum atomic E-state index is 14.7. The van der Waals surface area contributed by atoms with Crippen LogP contribution in [0.15, 0.2) is 36.7 Å². The summed E-state index contributed by atoms with van der Waals surface area (Å²) in [7, 11) is 1.49. The van der Waals surface area contributed by atoms with Gasteiger partial charge >= 0.3 is 6.09 Å². The van der Waals surface area contributed by atoms with Gasteiger partial charge in [0.1, 0.15) is 18.5 Å². The summed E-state index contributed by atoms with van der Waals surface area (Å²) >= 11 is 0. The molecule has 4 heterocycles. The number of ether oxygens (including phenoxy) is 3. The van der Waals surface area contributed by atoms with Crippen LogP contribution < -0.4 is 9.64 Å². The molecule has 1 saturated heterocycles. The largest absolute Gasteiger partial charge is 0.475 e. The minimum atomic E-state index is -0.630. The molecule has 1 fully saturated rings. The third kappa shape index (κ3) is 3.92. The van der Waals surface area contributed by atoms with Crippen LogP contribution in [0.3, 0.4) is 0 Å². The molecule has 0 spiro atoms. The van der Waals surface area contributed by atoms with E-state index in [0.717, 1.165) is 0 Å². The lowest BCUT2D eigenvalue weighted by molar-refractivity contribution is -0.136. The van der Waals surface area contributed by atoms with Gasteiger partial charge in [0.2, 0.25) is 5.88 Å². The van der Waals surface area contributed by atoms with E-state index < -0.39 is 18.0 Å². The molecule has 0 N–H and O–H groups in total. The lowest BCUT2D eigenvalue weighted by Crippen LogP contribution is -2.45. The van der Waals surface area contributed by atoms with Gasteiger partial charge in [-0.15, -0.1) is 0 Å². The van der Waals surface area contributed by atoms with Gasteiger partial charge in [-0.25, -0.2) is 13.7 Å². The lowest BCUT2D eigenvalue weighted by Gasteiger charge is -2.29. The normalized spacial score (nSPS) is 20.3. The zero-order valence-corrected chi connectivity index (χ0v) is 18.8. The van der Waals surface area contributed by atoms with Gasteiger partial charge in [0.15, 0.2) is 5.65 Å². The first kappa shape index (κ1) is 22.1. The predicted molar refractivity (Wildman–Crippen MR) is 119 cm³/mol. The molecule has 0 aliphatic carbocycles. The van der Waals surface area contributed by atoms with Gasteiger partial charge in [-0.3, -0.25) is 9.69 Å². The highest BCUT2D eigenvalue weighted by Gasteiger charge is 2.40. The Morgan fingerprint density at radius 1 is 1.29 bits per heavy atom. The molecule has 0 radical (unpaired) electrons. The number of halogens is 1. The van der Waals surface area contributed by atoms with Crippen LogP contribution in [0.4, 0.5) is 14.9 Å². The number of hydrogen-bond acceptors (Lipinski definition) is 7. The van der Waals surface area contributed by atoms with Crippen molar-refractivity contribution in [2.75, 3.05) is 38.3 Å². The molecule has 2 amide bonds. The zero-order chi connectivity index (χ0) is 23.8. The standard InChI is InChI=1S/C23H24FN5O5/c1-3-33-23(31)28-7-6-27-17(11-19(32-2)22(27)30)13-34-20-4-5-29-21(26-20)18(12-25-29)14-8-15(24)10-16(28)9-14/h4-5,8-10,12,17,19H,3,6-7,11,13H2,1-2H3/t17-,19+/m0/s1. The Kier molecular flexibility index (Phi) is 5.78. The summed E-state index contributed by atoms with van der Waals surface area (Å²) in [6.45, 7) is 2.36. The number of carbonyl (C=O) groups is 2. The Hall–Kier alpha value is -3.73. The van der Waals surface area contributed by atoms with E-state index in [9.17, 15) is 14.0 Å². The number of aromatic nitrogens is 3. The fourth-order valence-corrected chi connectivity index (χ4v) is 4.43. The molecule has 11 heteroatoms. The van der Waals surface area contributed by atoms with E-state index in [1.165, 1.54) is 24.1 Å². The molecule has 178 valence electrons. The van der Waals surface area contributed by atoms with Gasteiger partial charge in [-0.1, -0.05) is 0 Å². The van der Waals surface area contributed by atoms with Crippen LogP contribution in [0.25, 0.3) is 16.8 Å². The number of fused-ring (bicyclic) bond motifs is 5. The topological polar surface area (TPSA) is 98.5 Å². The SMILES string of the molecule is CCOC(=O)N1CCN2C(=O)[C@H](OC)C[C@H]2COc2ccn3ncc(c3n2)-c2cc(F)cc1c2. The average molecular weight is 469 g/mol. The summed E-state index contributed by atoms with van der Waals surface area (Å²) < 4.78 is 32.8. The molecule has 1 aromatic carbocycles. The van der Waals surface area contributed by atoms with E-state index >= 15 is 0 Å². The smallest absolute Gasteiger partial charge is 0.414 e. The molecule has 0 unspecified atom stereocenters. The Balaban J connectivity index is 1.64. The van der Waals surface area contributed by atoms with E-state index in [0.29, 0.717) is 34.8 Å². The third-order valence-electron chi connectivity index (χ3n) is 6.10. The van der Waals surface area contributed by atoms with Crippen molar-refractivity contribution in [2.45, 2.75) is 25.5 Å². The van der Waals surface area contributed by atoms with Gasteiger partial charge in [-0.2, -0.15) is 10.1 Å². The van der Waals surface area contributed by atoms with E-state index in [1.807, 2.05) is 0 Å². The van der Waals surface area contributed by atoms with E-state index in [2.05, 4.69) is 10.1 Å². The zero-order valence-electron chi connectivity index (χ0n) is 18.8. The van der Waals surface area contributed by atoms with E-state index in [1.54, 1.807) is 40.9 Å². The molecular weight excluding hydrogens is 445 g/mol. The predicted octanol–water partition coefficient (Wildman–Crippen LogP) is 2.51. The highest BCUT2D eigenvalue weighted by atomic mass is 19.1. The quantitative estimate of drug-likeness (QED) is 0.569. The second-order valence-corrected chi connectivity index (χ2v) is 8.10. The maximum Gasteiger partial charge on any atom is 0.414 e. The molecule has 2 aliphatic heterocycles. The molecule has 2 aromatic heterocycles. The Morgan fingerprint density at radius 3 is 2.94 bits per heavy atom. The van der Waals surface area contributed by atoms with Gasteiger partial charge in [0.05, 0.1) is 24.5 Å². The number of amides is 2. The fraction of sp³-hybridized carbons (Fsp3) is 0.391. The minimum absolute atomic E-state index is 0.105. The van der Waals surface area contributed by atoms with Crippen LogP contribution >= 0.6 is 0 Å². The van der Waals surface area contributed by atoms with Crippen molar-refractivity contribution < 1.29 is 28.2 Å². The van der Waals surface area contributed by atoms with E-state index in [-0.39, 0.29) is 38.3 Å². The second kappa shape index (κ2) is 8.90. The van der Waals surface area contributed by atoms with Crippen LogP contribution in [-0.4, -0.2) is 77.1 Å². The van der Waals surface area contributed by atoms with Gasteiger partial charge in [0.25, 0.3) is 5.91 Å². The first-order valence-corrected chi connectivity index (χ1v) is 11.0. The Morgan fingerprint density at radius 2 is 2.15 bits per heavy atom. The maximum absolute atomic E-state index is 14.7. The van der Waals surface area contributed by atoms with Crippen molar-refractivity contribution in [1.29, 1.82) is 0 Å². The van der Waals surface area contributed by atoms with Crippen LogP contribution in [0.2, 0.25) is 0 Å². The van der Waals surface area contributed by atoms with Crippen molar-refractivity contribution in [3.8, 4) is 17.0 Å². The molecular formula is C23H24FN5O5. The highest BCUT2D eigenvalue weighted by Crippen LogP contribution is 2.31. The summed E-state index contributed by atoms with van der Waals surface area (Å²) in [6.07, 6.45) is 2.51. The molecule has 2 aliphatic rings. The van der Waals surface area contributed by atoms with E-state index in [4.69, 9.17) is 14.2 Å². The van der Waals surface area contributed by atoms with Crippen LogP contribution in [0.5, 0.6) is 5.88 Å². The fourth-order valence-electron chi connectivity index (χ4n) is 4.43. The summed E-state index contributed by atoms with van der Waals surface area (Å²) in [5, 5.41) is 4.30. The molecule has 3 aromatic rings. The van der Waals surface area contributed by atoms with Gasteiger partial charge < -0.3 is 19.1 Å². The third-order valence-corrected chi connectivity index (χ3v) is 6.10. The second-order valence-electron chi connectivity index (χ2n) is 8.10. The van der Waals surface area contributed by atoms with Gasteiger partial charge in [0, 0.05) is 44.4 Å². The van der Waals surface area contributed by atoms with Crippen molar-refractivity contribution in [3.05, 3.63) is 42.5 Å². The number of rotatable bonds is 2. The van der Waals surface area contributed by atoms with Crippen molar-refractivity contribution in [3.63, 3.8) is 0 Å². The number of nitrogens with zero attached hydrogens (tertiary/aromatic N) is 5. The molecule has 5 rings (SSSR count). The monoisotopic (exact) mass is 469 g/mol. The van der Waals surface area contributed by atoms with Crippen LogP contribution in [0.1, 0.15) is 13.3 Å². The minimum Gasteiger partial charge on any atom is -0.475 e. The molecule has 4 bridgehead atoms. The van der Waals surface area contributed by atoms with Crippen molar-refractivity contribution in [1.82, 2.24) is 19.5 Å². The number of hydrogen-bond donors (Lipinski definition) is 0. The van der Waals surface area contributed by atoms with Gasteiger partial charge in [-0.05, 0) is 30.7 Å². The summed E-state index contributed by atoms with van der Waals surface area (Å²) in [5.74, 6) is -0.354. The molecule has 10 nitrogen and oxygen atoms in total. The summed E-state index contributed by atoms with van der Waals surface area (Å²) in [6, 6.07) is 5.70.